The van der Waals surface area contributed by atoms with E-state index in [1.807, 2.05) is 0 Å². The summed E-state index contributed by atoms with van der Waals surface area (Å²) in [7, 11) is -3.63. The number of benzene rings is 2. The van der Waals surface area contributed by atoms with Crippen LogP contribution in [0.2, 0.25) is 5.02 Å². The van der Waals surface area contributed by atoms with E-state index in [-0.39, 0.29) is 34.0 Å². The standard InChI is InChI=1S/C21H22ClFN2O4S/c22-19-2-1-3-20(23)18(19)14-25(16-6-7-16)21(26)15-4-8-17(9-5-15)30(27,28)24-10-12-29-13-11-24/h1-5,8-9,16H,6-7,10-14H2. The largest absolute Gasteiger partial charge is 0.379 e. The molecular weight excluding hydrogens is 431 g/mol. The lowest BCUT2D eigenvalue weighted by atomic mass is 10.1. The molecule has 0 N–H and O–H groups in total. The fraction of sp³-hybridized carbons (Fsp3) is 0.381. The third-order valence-electron chi connectivity index (χ3n) is 5.35. The van der Waals surface area contributed by atoms with E-state index in [2.05, 4.69) is 0 Å². The smallest absolute Gasteiger partial charge is 0.254 e. The van der Waals surface area contributed by atoms with Gasteiger partial charge in [0.05, 0.1) is 24.7 Å². The maximum atomic E-state index is 14.2. The molecule has 30 heavy (non-hydrogen) atoms. The summed E-state index contributed by atoms with van der Waals surface area (Å²) in [5, 5.41) is 0.278. The zero-order chi connectivity index (χ0) is 21.3. The lowest BCUT2D eigenvalue weighted by molar-refractivity contribution is 0.0728. The summed E-state index contributed by atoms with van der Waals surface area (Å²) in [5.74, 6) is -0.722. The molecule has 0 aromatic heterocycles. The fourth-order valence-electron chi connectivity index (χ4n) is 3.48. The first-order valence-electron chi connectivity index (χ1n) is 9.80. The number of hydrogen-bond donors (Lipinski definition) is 0. The van der Waals surface area contributed by atoms with E-state index < -0.39 is 15.8 Å². The van der Waals surface area contributed by atoms with Gasteiger partial charge in [-0.3, -0.25) is 4.79 Å². The van der Waals surface area contributed by atoms with E-state index >= 15 is 0 Å². The SMILES string of the molecule is O=C(c1ccc(S(=O)(=O)N2CCOCC2)cc1)N(Cc1c(F)cccc1Cl)C1CC1. The zero-order valence-corrected chi connectivity index (χ0v) is 17.8. The number of hydrogen-bond acceptors (Lipinski definition) is 4. The Hall–Kier alpha value is -2.00. The summed E-state index contributed by atoms with van der Waals surface area (Å²) in [6, 6.07) is 10.4. The molecule has 2 aromatic carbocycles. The van der Waals surface area contributed by atoms with Gasteiger partial charge in [0.1, 0.15) is 5.82 Å². The topological polar surface area (TPSA) is 66.9 Å². The predicted octanol–water partition coefficient (Wildman–Crippen LogP) is 3.30. The Labute approximate surface area is 180 Å². The number of amides is 1. The zero-order valence-electron chi connectivity index (χ0n) is 16.3. The monoisotopic (exact) mass is 452 g/mol. The number of carbonyl (C=O) groups is 1. The van der Waals surface area contributed by atoms with Crippen LogP contribution in [-0.4, -0.2) is 55.9 Å². The van der Waals surface area contributed by atoms with Crippen LogP contribution < -0.4 is 0 Å². The molecule has 1 aliphatic heterocycles. The van der Waals surface area contributed by atoms with E-state index in [0.29, 0.717) is 31.9 Å². The minimum atomic E-state index is -3.63. The van der Waals surface area contributed by atoms with Crippen molar-refractivity contribution in [2.24, 2.45) is 0 Å². The van der Waals surface area contributed by atoms with Gasteiger partial charge >= 0.3 is 0 Å². The minimum Gasteiger partial charge on any atom is -0.379 e. The van der Waals surface area contributed by atoms with Crippen LogP contribution >= 0.6 is 11.6 Å². The highest BCUT2D eigenvalue weighted by Gasteiger charge is 2.34. The molecule has 0 bridgehead atoms. The first-order valence-corrected chi connectivity index (χ1v) is 11.6. The van der Waals surface area contributed by atoms with Crippen LogP contribution in [0.1, 0.15) is 28.8 Å². The van der Waals surface area contributed by atoms with Gasteiger partial charge in [-0.05, 0) is 49.2 Å². The molecule has 0 spiro atoms. The molecule has 6 nitrogen and oxygen atoms in total. The summed E-state index contributed by atoms with van der Waals surface area (Å²) >= 11 is 6.14. The Morgan fingerprint density at radius 3 is 2.40 bits per heavy atom. The fourth-order valence-corrected chi connectivity index (χ4v) is 5.11. The average molecular weight is 453 g/mol. The van der Waals surface area contributed by atoms with Crippen molar-refractivity contribution in [3.05, 3.63) is 64.4 Å². The number of carbonyl (C=O) groups excluding carboxylic acids is 1. The first kappa shape index (κ1) is 21.2. The van der Waals surface area contributed by atoms with Crippen molar-refractivity contribution in [1.29, 1.82) is 0 Å². The lowest BCUT2D eigenvalue weighted by Gasteiger charge is -2.26. The Morgan fingerprint density at radius 1 is 1.13 bits per heavy atom. The molecule has 0 unspecified atom stereocenters. The second-order valence-electron chi connectivity index (χ2n) is 7.41. The molecule has 2 fully saturated rings. The van der Waals surface area contributed by atoms with Crippen molar-refractivity contribution in [2.45, 2.75) is 30.3 Å². The van der Waals surface area contributed by atoms with Gasteiger partial charge in [-0.1, -0.05) is 17.7 Å². The number of morpholine rings is 1. The molecule has 1 aliphatic carbocycles. The lowest BCUT2D eigenvalue weighted by Crippen LogP contribution is -2.40. The van der Waals surface area contributed by atoms with Crippen LogP contribution in [0.15, 0.2) is 47.4 Å². The highest BCUT2D eigenvalue weighted by atomic mass is 35.5. The van der Waals surface area contributed by atoms with E-state index in [9.17, 15) is 17.6 Å². The molecule has 0 radical (unpaired) electrons. The van der Waals surface area contributed by atoms with Crippen molar-refractivity contribution in [3.8, 4) is 0 Å². The third kappa shape index (κ3) is 4.37. The maximum Gasteiger partial charge on any atom is 0.254 e. The van der Waals surface area contributed by atoms with Crippen molar-refractivity contribution in [3.63, 3.8) is 0 Å². The van der Waals surface area contributed by atoms with Crippen molar-refractivity contribution < 1.29 is 22.3 Å². The van der Waals surface area contributed by atoms with E-state index in [1.165, 1.54) is 40.7 Å². The van der Waals surface area contributed by atoms with Crippen LogP contribution in [0, 0.1) is 5.82 Å². The molecule has 0 atom stereocenters. The highest BCUT2D eigenvalue weighted by molar-refractivity contribution is 7.89. The van der Waals surface area contributed by atoms with Crippen LogP contribution in [-0.2, 0) is 21.3 Å². The van der Waals surface area contributed by atoms with Gasteiger partial charge in [-0.15, -0.1) is 0 Å². The molecule has 9 heteroatoms. The normalized spacial score (nSPS) is 17.7. The number of halogens is 2. The number of ether oxygens (including phenoxy) is 1. The summed E-state index contributed by atoms with van der Waals surface area (Å²) in [5.41, 5.74) is 0.640. The summed E-state index contributed by atoms with van der Waals surface area (Å²) in [4.78, 5) is 14.8. The molecule has 1 saturated heterocycles. The molecular formula is C21H22ClFN2O4S. The van der Waals surface area contributed by atoms with Gasteiger partial charge in [0.15, 0.2) is 0 Å². The summed E-state index contributed by atoms with van der Waals surface area (Å²) in [6.45, 7) is 1.42. The van der Waals surface area contributed by atoms with Crippen LogP contribution in [0.4, 0.5) is 4.39 Å². The third-order valence-corrected chi connectivity index (χ3v) is 7.61. The molecule has 2 aromatic rings. The number of nitrogens with zero attached hydrogens (tertiary/aromatic N) is 2. The Balaban J connectivity index is 1.54. The van der Waals surface area contributed by atoms with Gasteiger partial charge in [0.2, 0.25) is 10.0 Å². The second kappa shape index (κ2) is 8.63. The van der Waals surface area contributed by atoms with Gasteiger partial charge < -0.3 is 9.64 Å². The van der Waals surface area contributed by atoms with E-state index in [1.54, 1.807) is 11.0 Å². The maximum absolute atomic E-state index is 14.2. The van der Waals surface area contributed by atoms with Crippen LogP contribution in [0.3, 0.4) is 0 Å². The van der Waals surface area contributed by atoms with E-state index in [4.69, 9.17) is 16.3 Å². The van der Waals surface area contributed by atoms with Crippen molar-refractivity contribution in [2.75, 3.05) is 26.3 Å². The first-order chi connectivity index (χ1) is 14.4. The van der Waals surface area contributed by atoms with Gasteiger partial charge in [-0.25, -0.2) is 12.8 Å². The number of rotatable bonds is 6. The summed E-state index contributed by atoms with van der Waals surface area (Å²) < 4.78 is 46.3. The molecule has 160 valence electrons. The highest BCUT2D eigenvalue weighted by Crippen LogP contribution is 2.32. The van der Waals surface area contributed by atoms with Crippen molar-refractivity contribution >= 4 is 27.5 Å². The Bertz CT molecular complexity index is 1020. The molecule has 2 aliphatic rings. The second-order valence-corrected chi connectivity index (χ2v) is 9.75. The number of sulfonamides is 1. The van der Waals surface area contributed by atoms with Gasteiger partial charge in [0.25, 0.3) is 5.91 Å². The van der Waals surface area contributed by atoms with Crippen LogP contribution in [0.5, 0.6) is 0 Å². The van der Waals surface area contributed by atoms with Gasteiger partial charge in [-0.2, -0.15) is 4.31 Å². The van der Waals surface area contributed by atoms with Crippen LogP contribution in [0.25, 0.3) is 0 Å². The molecule has 1 amide bonds. The minimum absolute atomic E-state index is 0.0323. The summed E-state index contributed by atoms with van der Waals surface area (Å²) in [6.07, 6.45) is 1.70. The van der Waals surface area contributed by atoms with Gasteiger partial charge in [0, 0.05) is 35.3 Å². The molecule has 1 saturated carbocycles. The quantitative estimate of drug-likeness (QED) is 0.674. The average Bonchev–Trinajstić information content (AvgIpc) is 3.59. The van der Waals surface area contributed by atoms with Crippen molar-refractivity contribution in [1.82, 2.24) is 9.21 Å². The molecule has 1 heterocycles. The Morgan fingerprint density at radius 2 is 1.80 bits per heavy atom. The predicted molar refractivity (Wildman–Crippen MR) is 110 cm³/mol. The molecule has 4 rings (SSSR count). The Kier molecular flexibility index (Phi) is 6.11. The van der Waals surface area contributed by atoms with E-state index in [0.717, 1.165) is 12.8 Å².